The molecule has 1 amide bonds. The van der Waals surface area contributed by atoms with Gasteiger partial charge in [-0.2, -0.15) is 0 Å². The van der Waals surface area contributed by atoms with Crippen molar-refractivity contribution >= 4 is 33.3 Å². The lowest BCUT2D eigenvalue weighted by Gasteiger charge is -2.42. The second-order valence-electron chi connectivity index (χ2n) is 7.06. The van der Waals surface area contributed by atoms with Crippen LogP contribution in [0.3, 0.4) is 0 Å². The van der Waals surface area contributed by atoms with Gasteiger partial charge in [-0.15, -0.1) is 11.3 Å². The molecule has 2 heterocycles. The lowest BCUT2D eigenvalue weighted by molar-refractivity contribution is -0.133. The third kappa shape index (κ3) is 3.45. The smallest absolute Gasteiger partial charge is 0.384 e. The molecule has 2 bridgehead atoms. The normalized spacial score (nSPS) is 24.0. The zero-order chi connectivity index (χ0) is 18.1. The molecule has 2 aromatic heterocycles. The predicted octanol–water partition coefficient (Wildman–Crippen LogP) is 3.13. The van der Waals surface area contributed by atoms with E-state index in [9.17, 15) is 9.59 Å². The summed E-state index contributed by atoms with van der Waals surface area (Å²) in [6.45, 7) is 0. The van der Waals surface area contributed by atoms with Crippen LogP contribution >= 0.6 is 11.3 Å². The first-order valence-electron chi connectivity index (χ1n) is 8.93. The van der Waals surface area contributed by atoms with Crippen LogP contribution < -0.4 is 5.32 Å². The minimum Gasteiger partial charge on any atom is -0.459 e. The van der Waals surface area contributed by atoms with Crippen molar-refractivity contribution in [3.05, 3.63) is 28.9 Å². The SMILES string of the molecule is COC(=O)C#Cc1cc2cnc(C(=O)NC3CC4CCC3CC4)cc2s1. The molecule has 1 N–H and O–H groups in total. The number of ether oxygens (including phenoxy) is 1. The summed E-state index contributed by atoms with van der Waals surface area (Å²) in [6.07, 6.45) is 7.88. The molecule has 3 aliphatic carbocycles. The van der Waals surface area contributed by atoms with Crippen LogP contribution in [0, 0.1) is 23.7 Å². The summed E-state index contributed by atoms with van der Waals surface area (Å²) < 4.78 is 5.45. The number of nitrogens with zero attached hydrogens (tertiary/aromatic N) is 1. The standard InChI is InChI=1S/C20H20N2O3S/c1-25-19(23)7-6-15-9-14-11-21-17(10-18(14)26-15)20(24)22-16-8-12-2-4-13(16)5-3-12/h9-13,16H,2-5,8H2,1H3,(H,22,24). The zero-order valence-electron chi connectivity index (χ0n) is 14.6. The molecule has 0 spiro atoms. The highest BCUT2D eigenvalue weighted by Crippen LogP contribution is 2.41. The molecule has 134 valence electrons. The number of rotatable bonds is 2. The maximum absolute atomic E-state index is 12.6. The number of thiophene rings is 1. The van der Waals surface area contributed by atoms with Gasteiger partial charge in [0.05, 0.1) is 12.0 Å². The number of methoxy groups -OCH3 is 1. The molecular weight excluding hydrogens is 348 g/mol. The molecule has 0 radical (unpaired) electrons. The molecule has 5 rings (SSSR count). The number of hydrogen-bond acceptors (Lipinski definition) is 5. The summed E-state index contributed by atoms with van der Waals surface area (Å²) in [5.41, 5.74) is 0.438. The van der Waals surface area contributed by atoms with Crippen molar-refractivity contribution in [1.82, 2.24) is 10.3 Å². The number of carbonyl (C=O) groups excluding carboxylic acids is 2. The van der Waals surface area contributed by atoms with Gasteiger partial charge >= 0.3 is 5.97 Å². The topological polar surface area (TPSA) is 68.3 Å². The molecule has 1 unspecified atom stereocenters. The minimum absolute atomic E-state index is 0.0972. The van der Waals surface area contributed by atoms with Gasteiger partial charge in [0.2, 0.25) is 0 Å². The summed E-state index contributed by atoms with van der Waals surface area (Å²) in [6, 6.07) is 3.96. The van der Waals surface area contributed by atoms with Crippen LogP contribution in [0.2, 0.25) is 0 Å². The van der Waals surface area contributed by atoms with Crippen LogP contribution in [-0.4, -0.2) is 30.0 Å². The lowest BCUT2D eigenvalue weighted by Crippen LogP contribution is -2.47. The van der Waals surface area contributed by atoms with E-state index >= 15 is 0 Å². The van der Waals surface area contributed by atoms with E-state index in [1.54, 1.807) is 12.3 Å². The van der Waals surface area contributed by atoms with Crippen molar-refractivity contribution < 1.29 is 14.3 Å². The molecule has 0 saturated heterocycles. The summed E-state index contributed by atoms with van der Waals surface area (Å²) in [7, 11) is 1.30. The number of aromatic nitrogens is 1. The Hall–Kier alpha value is -2.39. The van der Waals surface area contributed by atoms with Crippen LogP contribution in [0.5, 0.6) is 0 Å². The number of fused-ring (bicyclic) bond motifs is 4. The zero-order valence-corrected chi connectivity index (χ0v) is 15.4. The monoisotopic (exact) mass is 368 g/mol. The largest absolute Gasteiger partial charge is 0.459 e. The van der Waals surface area contributed by atoms with Gasteiger partial charge < -0.3 is 10.1 Å². The average molecular weight is 368 g/mol. The molecule has 5 nitrogen and oxygen atoms in total. The molecular formula is C20H20N2O3S. The van der Waals surface area contributed by atoms with Gasteiger partial charge in [0, 0.05) is 28.2 Å². The van der Waals surface area contributed by atoms with E-state index in [1.807, 2.05) is 6.07 Å². The fourth-order valence-electron chi connectivity index (χ4n) is 4.08. The number of nitrogens with one attached hydrogen (secondary N) is 1. The van der Waals surface area contributed by atoms with Crippen LogP contribution in [0.15, 0.2) is 18.3 Å². The minimum atomic E-state index is -0.567. The molecule has 6 heteroatoms. The molecule has 2 aromatic rings. The Morgan fingerprint density at radius 2 is 2.08 bits per heavy atom. The van der Waals surface area contributed by atoms with Crippen molar-refractivity contribution in [1.29, 1.82) is 0 Å². The molecule has 1 atom stereocenters. The van der Waals surface area contributed by atoms with Gasteiger partial charge in [0.15, 0.2) is 0 Å². The first-order chi connectivity index (χ1) is 12.6. The number of carbonyl (C=O) groups is 2. The number of pyridine rings is 1. The predicted molar refractivity (Wildman–Crippen MR) is 99.8 cm³/mol. The van der Waals surface area contributed by atoms with E-state index in [4.69, 9.17) is 0 Å². The third-order valence-corrected chi connectivity index (χ3v) is 6.48. The van der Waals surface area contributed by atoms with Crippen molar-refractivity contribution in [2.24, 2.45) is 11.8 Å². The Bertz CT molecular complexity index is 916. The van der Waals surface area contributed by atoms with Crippen LogP contribution in [-0.2, 0) is 9.53 Å². The van der Waals surface area contributed by atoms with Gasteiger partial charge in [0.25, 0.3) is 5.91 Å². The van der Waals surface area contributed by atoms with Gasteiger partial charge in [-0.3, -0.25) is 9.78 Å². The third-order valence-electron chi connectivity index (χ3n) is 5.47. The fourth-order valence-corrected chi connectivity index (χ4v) is 5.00. The summed E-state index contributed by atoms with van der Waals surface area (Å²) in [5, 5.41) is 4.11. The van der Waals surface area contributed by atoms with Gasteiger partial charge in [-0.1, -0.05) is 12.8 Å². The molecule has 26 heavy (non-hydrogen) atoms. The van der Waals surface area contributed by atoms with Gasteiger partial charge in [-0.05, 0) is 49.2 Å². The summed E-state index contributed by atoms with van der Waals surface area (Å²) in [5.74, 6) is 5.93. The number of hydrogen-bond donors (Lipinski definition) is 1. The van der Waals surface area contributed by atoms with Crippen LogP contribution in [0.25, 0.3) is 10.1 Å². The molecule has 3 aliphatic rings. The first-order valence-corrected chi connectivity index (χ1v) is 9.74. The Labute approximate surface area is 156 Å². The highest BCUT2D eigenvalue weighted by atomic mass is 32.1. The van der Waals surface area contributed by atoms with E-state index < -0.39 is 5.97 Å². The van der Waals surface area contributed by atoms with E-state index in [0.717, 1.165) is 27.3 Å². The van der Waals surface area contributed by atoms with Gasteiger partial charge in [0.1, 0.15) is 5.69 Å². The lowest BCUT2D eigenvalue weighted by atomic mass is 9.68. The Kier molecular flexibility index (Phi) is 4.64. The molecule has 0 aromatic carbocycles. The Morgan fingerprint density at radius 3 is 2.77 bits per heavy atom. The molecule has 3 saturated carbocycles. The van der Waals surface area contributed by atoms with Crippen LogP contribution in [0.4, 0.5) is 0 Å². The van der Waals surface area contributed by atoms with E-state index in [-0.39, 0.29) is 11.9 Å². The highest BCUT2D eigenvalue weighted by Gasteiger charge is 2.36. The molecule has 3 fully saturated rings. The number of amides is 1. The van der Waals surface area contributed by atoms with E-state index in [2.05, 4.69) is 26.9 Å². The average Bonchev–Trinajstić information content (AvgIpc) is 3.09. The maximum atomic E-state index is 12.6. The fraction of sp³-hybridized carbons (Fsp3) is 0.450. The van der Waals surface area contributed by atoms with E-state index in [1.165, 1.54) is 44.1 Å². The first kappa shape index (κ1) is 17.0. The van der Waals surface area contributed by atoms with Crippen molar-refractivity contribution in [3.63, 3.8) is 0 Å². The second-order valence-corrected chi connectivity index (χ2v) is 8.14. The Morgan fingerprint density at radius 1 is 1.27 bits per heavy atom. The summed E-state index contributed by atoms with van der Waals surface area (Å²) >= 11 is 1.44. The van der Waals surface area contributed by atoms with Gasteiger partial charge in [-0.25, -0.2) is 4.79 Å². The second kappa shape index (κ2) is 7.08. The summed E-state index contributed by atoms with van der Waals surface area (Å²) in [4.78, 5) is 28.8. The van der Waals surface area contributed by atoms with E-state index in [0.29, 0.717) is 11.6 Å². The Balaban J connectivity index is 1.50. The molecule has 0 aliphatic heterocycles. The maximum Gasteiger partial charge on any atom is 0.384 e. The van der Waals surface area contributed by atoms with Crippen molar-refractivity contribution in [2.45, 2.75) is 38.1 Å². The van der Waals surface area contributed by atoms with Crippen molar-refractivity contribution in [3.8, 4) is 11.8 Å². The van der Waals surface area contributed by atoms with Crippen LogP contribution in [0.1, 0.15) is 47.5 Å². The van der Waals surface area contributed by atoms with Crippen molar-refractivity contribution in [2.75, 3.05) is 7.11 Å². The number of esters is 1. The quantitative estimate of drug-likeness (QED) is 0.653. The highest BCUT2D eigenvalue weighted by molar-refractivity contribution is 7.19.